The molecular weight excluding hydrogens is 366 g/mol. The third kappa shape index (κ3) is 4.81. The zero-order chi connectivity index (χ0) is 18.7. The van der Waals surface area contributed by atoms with Gasteiger partial charge in [-0.3, -0.25) is 9.59 Å². The van der Waals surface area contributed by atoms with Crippen LogP contribution >= 0.6 is 12.4 Å². The predicted molar refractivity (Wildman–Crippen MR) is 108 cm³/mol. The molecule has 2 fully saturated rings. The maximum atomic E-state index is 12.6. The Balaban J connectivity index is 0.00000261. The summed E-state index contributed by atoms with van der Waals surface area (Å²) in [6.07, 6.45) is 0.826. The molecule has 150 valence electrons. The van der Waals surface area contributed by atoms with Gasteiger partial charge in [-0.1, -0.05) is 32.0 Å². The SMILES string of the molecule is CCC(C)c1ccccc1N1CC(C(=O)NCC2CNCC2O)CC1=O.Cl. The third-order valence-electron chi connectivity index (χ3n) is 5.71. The van der Waals surface area contributed by atoms with Gasteiger partial charge in [-0.2, -0.15) is 0 Å². The van der Waals surface area contributed by atoms with Crippen LogP contribution in [0.15, 0.2) is 24.3 Å². The quantitative estimate of drug-likeness (QED) is 0.684. The van der Waals surface area contributed by atoms with E-state index in [4.69, 9.17) is 0 Å². The minimum absolute atomic E-state index is 0. The summed E-state index contributed by atoms with van der Waals surface area (Å²) >= 11 is 0. The minimum Gasteiger partial charge on any atom is -0.391 e. The van der Waals surface area contributed by atoms with Crippen molar-refractivity contribution in [3.63, 3.8) is 0 Å². The predicted octanol–water partition coefficient (Wildman–Crippen LogP) is 1.67. The maximum Gasteiger partial charge on any atom is 0.227 e. The first kappa shape index (κ1) is 21.7. The highest BCUT2D eigenvalue weighted by Gasteiger charge is 2.36. The first-order chi connectivity index (χ1) is 12.5. The largest absolute Gasteiger partial charge is 0.391 e. The molecule has 0 aromatic heterocycles. The van der Waals surface area contributed by atoms with E-state index in [0.717, 1.165) is 17.7 Å². The Hall–Kier alpha value is -1.63. The number of anilines is 1. The second-order valence-corrected chi connectivity index (χ2v) is 7.50. The Morgan fingerprint density at radius 1 is 1.37 bits per heavy atom. The summed E-state index contributed by atoms with van der Waals surface area (Å²) in [5, 5.41) is 15.9. The molecule has 27 heavy (non-hydrogen) atoms. The van der Waals surface area contributed by atoms with Crippen molar-refractivity contribution in [2.75, 3.05) is 31.1 Å². The highest BCUT2D eigenvalue weighted by atomic mass is 35.5. The van der Waals surface area contributed by atoms with Crippen molar-refractivity contribution >= 4 is 29.9 Å². The van der Waals surface area contributed by atoms with Crippen LogP contribution in [0, 0.1) is 11.8 Å². The normalized spacial score (nSPS) is 26.0. The molecule has 4 unspecified atom stereocenters. The van der Waals surface area contributed by atoms with Crippen LogP contribution in [0.25, 0.3) is 0 Å². The van der Waals surface area contributed by atoms with Crippen LogP contribution < -0.4 is 15.5 Å². The summed E-state index contributed by atoms with van der Waals surface area (Å²) in [5.74, 6) is -0.0232. The molecule has 6 nitrogen and oxygen atoms in total. The minimum atomic E-state index is -0.417. The molecule has 4 atom stereocenters. The standard InChI is InChI=1S/C20H29N3O3.ClH/c1-3-13(2)16-6-4-5-7-17(16)23-12-14(8-19(23)25)20(26)22-10-15-9-21-11-18(15)24;/h4-7,13-15,18,21,24H,3,8-12H2,1-2H3,(H,22,26);1H. The molecule has 2 aliphatic rings. The van der Waals surface area contributed by atoms with Crippen LogP contribution in [0.4, 0.5) is 5.69 Å². The lowest BCUT2D eigenvalue weighted by Crippen LogP contribution is -2.38. The van der Waals surface area contributed by atoms with E-state index in [1.54, 1.807) is 4.90 Å². The fourth-order valence-corrected chi connectivity index (χ4v) is 3.79. The zero-order valence-electron chi connectivity index (χ0n) is 16.0. The van der Waals surface area contributed by atoms with Crippen molar-refractivity contribution in [1.82, 2.24) is 10.6 Å². The lowest BCUT2D eigenvalue weighted by molar-refractivity contribution is -0.126. The molecule has 0 aliphatic carbocycles. The van der Waals surface area contributed by atoms with Crippen LogP contribution in [-0.2, 0) is 9.59 Å². The number of para-hydroxylation sites is 1. The zero-order valence-corrected chi connectivity index (χ0v) is 16.8. The number of carbonyl (C=O) groups excluding carboxylic acids is 2. The van der Waals surface area contributed by atoms with Gasteiger partial charge in [-0.25, -0.2) is 0 Å². The van der Waals surface area contributed by atoms with Gasteiger partial charge in [0.05, 0.1) is 12.0 Å². The van der Waals surface area contributed by atoms with E-state index in [0.29, 0.717) is 32.1 Å². The number of benzene rings is 1. The molecule has 2 heterocycles. The van der Waals surface area contributed by atoms with Gasteiger partial charge in [0.2, 0.25) is 11.8 Å². The van der Waals surface area contributed by atoms with E-state index in [-0.39, 0.29) is 42.5 Å². The Morgan fingerprint density at radius 2 is 2.11 bits per heavy atom. The summed E-state index contributed by atoms with van der Waals surface area (Å²) in [6, 6.07) is 7.98. The molecule has 2 saturated heterocycles. The average molecular weight is 396 g/mol. The Kier molecular flexibility index (Phi) is 7.65. The fourth-order valence-electron chi connectivity index (χ4n) is 3.79. The number of aliphatic hydroxyl groups is 1. The number of rotatable bonds is 6. The molecule has 3 rings (SSSR count). The molecule has 7 heteroatoms. The summed E-state index contributed by atoms with van der Waals surface area (Å²) in [6.45, 7) is 6.44. The first-order valence-electron chi connectivity index (χ1n) is 9.57. The Morgan fingerprint density at radius 3 is 2.78 bits per heavy atom. The smallest absolute Gasteiger partial charge is 0.227 e. The van der Waals surface area contributed by atoms with Gasteiger partial charge in [0, 0.05) is 44.2 Å². The molecular formula is C20H30ClN3O3. The van der Waals surface area contributed by atoms with Gasteiger partial charge in [-0.05, 0) is 24.0 Å². The van der Waals surface area contributed by atoms with Crippen LogP contribution in [0.2, 0.25) is 0 Å². The van der Waals surface area contributed by atoms with Gasteiger partial charge >= 0.3 is 0 Å². The monoisotopic (exact) mass is 395 g/mol. The third-order valence-corrected chi connectivity index (χ3v) is 5.71. The molecule has 0 radical (unpaired) electrons. The van der Waals surface area contributed by atoms with Gasteiger partial charge in [0.25, 0.3) is 0 Å². The Bertz CT molecular complexity index is 670. The second kappa shape index (κ2) is 9.53. The van der Waals surface area contributed by atoms with Crippen LogP contribution in [0.3, 0.4) is 0 Å². The highest BCUT2D eigenvalue weighted by Crippen LogP contribution is 2.33. The summed E-state index contributed by atoms with van der Waals surface area (Å²) in [7, 11) is 0. The van der Waals surface area contributed by atoms with E-state index in [1.807, 2.05) is 18.2 Å². The molecule has 0 saturated carbocycles. The summed E-state index contributed by atoms with van der Waals surface area (Å²) in [5.41, 5.74) is 2.09. The average Bonchev–Trinajstić information content (AvgIpc) is 3.24. The number of nitrogens with one attached hydrogen (secondary N) is 2. The lowest BCUT2D eigenvalue weighted by Gasteiger charge is -2.23. The second-order valence-electron chi connectivity index (χ2n) is 7.50. The van der Waals surface area contributed by atoms with Crippen molar-refractivity contribution in [2.45, 2.75) is 38.7 Å². The number of carbonyl (C=O) groups is 2. The van der Waals surface area contributed by atoms with E-state index < -0.39 is 6.10 Å². The fraction of sp³-hybridized carbons (Fsp3) is 0.600. The van der Waals surface area contributed by atoms with Gasteiger partial charge in [0.15, 0.2) is 0 Å². The van der Waals surface area contributed by atoms with Gasteiger partial charge < -0.3 is 20.6 Å². The van der Waals surface area contributed by atoms with Crippen molar-refractivity contribution in [3.05, 3.63) is 29.8 Å². The van der Waals surface area contributed by atoms with Crippen molar-refractivity contribution in [3.8, 4) is 0 Å². The van der Waals surface area contributed by atoms with E-state index in [2.05, 4.69) is 30.5 Å². The number of β-amino-alcohol motifs (C(OH)–C–C–N with tert-alkyl or cyclic N) is 1. The first-order valence-corrected chi connectivity index (χ1v) is 9.57. The van der Waals surface area contributed by atoms with Crippen molar-refractivity contribution in [2.24, 2.45) is 11.8 Å². The van der Waals surface area contributed by atoms with Crippen LogP contribution in [-0.4, -0.2) is 49.2 Å². The molecule has 1 aromatic rings. The lowest BCUT2D eigenvalue weighted by atomic mass is 9.96. The van der Waals surface area contributed by atoms with Crippen molar-refractivity contribution in [1.29, 1.82) is 0 Å². The van der Waals surface area contributed by atoms with E-state index >= 15 is 0 Å². The number of hydrogen-bond acceptors (Lipinski definition) is 4. The maximum absolute atomic E-state index is 12.6. The summed E-state index contributed by atoms with van der Waals surface area (Å²) in [4.78, 5) is 26.8. The molecule has 3 N–H and O–H groups in total. The molecule has 1 aromatic carbocycles. The Labute approximate surface area is 167 Å². The number of nitrogens with zero attached hydrogens (tertiary/aromatic N) is 1. The highest BCUT2D eigenvalue weighted by molar-refractivity contribution is 6.00. The summed E-state index contributed by atoms with van der Waals surface area (Å²) < 4.78 is 0. The van der Waals surface area contributed by atoms with E-state index in [1.165, 1.54) is 0 Å². The topological polar surface area (TPSA) is 81.7 Å². The van der Waals surface area contributed by atoms with Gasteiger partial charge in [0.1, 0.15) is 0 Å². The molecule has 2 amide bonds. The molecule has 0 spiro atoms. The number of aliphatic hydroxyl groups excluding tert-OH is 1. The van der Waals surface area contributed by atoms with Crippen LogP contribution in [0.5, 0.6) is 0 Å². The number of halogens is 1. The molecule has 2 aliphatic heterocycles. The van der Waals surface area contributed by atoms with Crippen LogP contribution in [0.1, 0.15) is 38.2 Å². The molecule has 0 bridgehead atoms. The van der Waals surface area contributed by atoms with Crippen molar-refractivity contribution < 1.29 is 14.7 Å². The number of hydrogen-bond donors (Lipinski definition) is 3. The van der Waals surface area contributed by atoms with E-state index in [9.17, 15) is 14.7 Å². The number of amides is 2. The van der Waals surface area contributed by atoms with Gasteiger partial charge in [-0.15, -0.1) is 12.4 Å².